The molecule has 2 aliphatic rings. The van der Waals surface area contributed by atoms with E-state index in [0.717, 1.165) is 39.0 Å². The van der Waals surface area contributed by atoms with E-state index in [1.54, 1.807) is 0 Å². The predicted octanol–water partition coefficient (Wildman–Crippen LogP) is 3.04. The maximum absolute atomic E-state index is 5.73. The number of benzene rings is 1. The smallest absolute Gasteiger partial charge is 0.0956 e. The molecule has 2 aromatic rings. The molecule has 1 unspecified atom stereocenters. The van der Waals surface area contributed by atoms with E-state index in [1.807, 2.05) is 12.5 Å². The lowest BCUT2D eigenvalue weighted by Crippen LogP contribution is -2.39. The molecular weight excluding hydrogens is 262 g/mol. The molecule has 2 aliphatic heterocycles. The summed E-state index contributed by atoms with van der Waals surface area (Å²) >= 11 is 0. The highest BCUT2D eigenvalue weighted by Crippen LogP contribution is 2.37. The number of hydrogen-bond donors (Lipinski definition) is 1. The van der Waals surface area contributed by atoms with Crippen LogP contribution in [0.25, 0.3) is 11.3 Å². The number of anilines is 1. The van der Waals surface area contributed by atoms with Gasteiger partial charge in [0.1, 0.15) is 0 Å². The van der Waals surface area contributed by atoms with Crippen molar-refractivity contribution in [2.75, 3.05) is 25.1 Å². The number of para-hydroxylation sites is 1. The summed E-state index contributed by atoms with van der Waals surface area (Å²) in [4.78, 5) is 4.42. The van der Waals surface area contributed by atoms with Crippen LogP contribution >= 0.6 is 0 Å². The van der Waals surface area contributed by atoms with E-state index < -0.39 is 0 Å². The van der Waals surface area contributed by atoms with Gasteiger partial charge in [0, 0.05) is 24.4 Å². The number of fused-ring (bicyclic) bond motifs is 1. The van der Waals surface area contributed by atoms with Gasteiger partial charge in [-0.1, -0.05) is 18.2 Å². The summed E-state index contributed by atoms with van der Waals surface area (Å²) < 4.78 is 8.04. The van der Waals surface area contributed by atoms with Gasteiger partial charge >= 0.3 is 0 Å². The number of aromatic nitrogens is 2. The average molecular weight is 283 g/mol. The Bertz CT molecular complexity index is 656. The summed E-state index contributed by atoms with van der Waals surface area (Å²) in [6.07, 6.45) is 7.30. The van der Waals surface area contributed by atoms with Crippen LogP contribution in [0.1, 0.15) is 25.3 Å². The third-order valence-electron chi connectivity index (χ3n) is 4.76. The van der Waals surface area contributed by atoms with Crippen LogP contribution in [0.2, 0.25) is 0 Å². The number of hydrogen-bond acceptors (Lipinski definition) is 3. The van der Waals surface area contributed by atoms with Crippen LogP contribution in [0.4, 0.5) is 5.69 Å². The molecule has 1 aromatic heterocycles. The highest BCUT2D eigenvalue weighted by molar-refractivity contribution is 5.80. The van der Waals surface area contributed by atoms with E-state index >= 15 is 0 Å². The van der Waals surface area contributed by atoms with Crippen LogP contribution in [0.15, 0.2) is 30.7 Å². The van der Waals surface area contributed by atoms with Gasteiger partial charge in [0.25, 0.3) is 0 Å². The van der Waals surface area contributed by atoms with Gasteiger partial charge in [-0.3, -0.25) is 0 Å². The number of ether oxygens (including phenoxy) is 1. The van der Waals surface area contributed by atoms with Crippen molar-refractivity contribution in [1.82, 2.24) is 9.55 Å². The third kappa shape index (κ3) is 2.05. The molecule has 4 heteroatoms. The second kappa shape index (κ2) is 4.88. The quantitative estimate of drug-likeness (QED) is 0.920. The summed E-state index contributed by atoms with van der Waals surface area (Å²) in [5.74, 6) is 0. The Kier molecular flexibility index (Phi) is 3.00. The van der Waals surface area contributed by atoms with Gasteiger partial charge in [-0.25, -0.2) is 4.98 Å². The first-order valence-electron chi connectivity index (χ1n) is 7.75. The monoisotopic (exact) mass is 283 g/mol. The maximum Gasteiger partial charge on any atom is 0.0956 e. The summed E-state index contributed by atoms with van der Waals surface area (Å²) in [6, 6.07) is 6.56. The summed E-state index contributed by atoms with van der Waals surface area (Å²) in [5.41, 5.74) is 5.14. The molecule has 1 saturated heterocycles. The summed E-state index contributed by atoms with van der Waals surface area (Å²) in [6.45, 7) is 4.94. The molecule has 1 aromatic carbocycles. The average Bonchev–Trinajstić information content (AvgIpc) is 3.17. The Morgan fingerprint density at radius 2 is 2.33 bits per heavy atom. The normalized spacial score (nSPS) is 24.6. The highest BCUT2D eigenvalue weighted by Gasteiger charge is 2.32. The van der Waals surface area contributed by atoms with Crippen LogP contribution in [-0.2, 0) is 16.7 Å². The molecule has 1 fully saturated rings. The minimum Gasteiger partial charge on any atom is -0.384 e. The number of nitrogens with zero attached hydrogens (tertiary/aromatic N) is 2. The molecule has 0 aliphatic carbocycles. The Morgan fingerprint density at radius 3 is 3.19 bits per heavy atom. The van der Waals surface area contributed by atoms with Gasteiger partial charge in [0.2, 0.25) is 0 Å². The fraction of sp³-hybridized carbons (Fsp3) is 0.471. The zero-order valence-electron chi connectivity index (χ0n) is 12.4. The zero-order chi connectivity index (χ0) is 14.3. The molecule has 110 valence electrons. The first-order chi connectivity index (χ1) is 10.3. The Hall–Kier alpha value is -1.81. The van der Waals surface area contributed by atoms with E-state index in [2.05, 4.69) is 40.0 Å². The molecule has 4 rings (SSSR count). The third-order valence-corrected chi connectivity index (χ3v) is 4.76. The van der Waals surface area contributed by atoms with E-state index in [-0.39, 0.29) is 5.54 Å². The molecular formula is C17H21N3O. The first kappa shape index (κ1) is 12.9. The lowest BCUT2D eigenvalue weighted by atomic mass is 9.93. The standard InChI is InChI=1S/C17H21N3O/c1-17(7-3-9-21-11-17)20-12-18-10-15(20)14-5-2-4-13-6-8-19-16(13)14/h2,4-5,10,12,19H,3,6-9,11H2,1H3. The second-order valence-electron chi connectivity index (χ2n) is 6.32. The van der Waals surface area contributed by atoms with Crippen molar-refractivity contribution in [1.29, 1.82) is 0 Å². The lowest BCUT2D eigenvalue weighted by Gasteiger charge is -2.36. The lowest BCUT2D eigenvalue weighted by molar-refractivity contribution is 0.0102. The van der Waals surface area contributed by atoms with Crippen LogP contribution in [0, 0.1) is 0 Å². The fourth-order valence-corrected chi connectivity index (χ4v) is 3.59. The second-order valence-corrected chi connectivity index (χ2v) is 6.32. The predicted molar refractivity (Wildman–Crippen MR) is 83.6 cm³/mol. The SMILES string of the molecule is CC1(n2cncc2-c2cccc3c2NCC3)CCCOC1. The molecule has 0 amide bonds. The Morgan fingerprint density at radius 1 is 1.38 bits per heavy atom. The van der Waals surface area contributed by atoms with Crippen LogP contribution < -0.4 is 5.32 Å². The van der Waals surface area contributed by atoms with E-state index in [0.29, 0.717) is 0 Å². The largest absolute Gasteiger partial charge is 0.384 e. The first-order valence-corrected chi connectivity index (χ1v) is 7.75. The highest BCUT2D eigenvalue weighted by atomic mass is 16.5. The maximum atomic E-state index is 5.73. The minimum absolute atomic E-state index is 0.00537. The number of imidazole rings is 1. The molecule has 0 radical (unpaired) electrons. The Labute approximate surface area is 125 Å². The molecule has 4 nitrogen and oxygen atoms in total. The fourth-order valence-electron chi connectivity index (χ4n) is 3.59. The molecule has 0 bridgehead atoms. The number of nitrogens with one attached hydrogen (secondary N) is 1. The van der Waals surface area contributed by atoms with Crippen LogP contribution in [-0.4, -0.2) is 29.3 Å². The van der Waals surface area contributed by atoms with E-state index in [9.17, 15) is 0 Å². The van der Waals surface area contributed by atoms with Crippen molar-refractivity contribution in [3.05, 3.63) is 36.3 Å². The number of rotatable bonds is 2. The molecule has 0 spiro atoms. The Balaban J connectivity index is 1.81. The topological polar surface area (TPSA) is 39.1 Å². The van der Waals surface area contributed by atoms with E-state index in [4.69, 9.17) is 4.74 Å². The van der Waals surface area contributed by atoms with Gasteiger partial charge in [0.05, 0.1) is 30.4 Å². The van der Waals surface area contributed by atoms with Crippen molar-refractivity contribution < 1.29 is 4.74 Å². The van der Waals surface area contributed by atoms with Gasteiger partial charge in [0.15, 0.2) is 0 Å². The molecule has 1 N–H and O–H groups in total. The molecule has 21 heavy (non-hydrogen) atoms. The summed E-state index contributed by atoms with van der Waals surface area (Å²) in [7, 11) is 0. The van der Waals surface area contributed by atoms with Gasteiger partial charge in [-0.05, 0) is 31.7 Å². The molecule has 3 heterocycles. The van der Waals surface area contributed by atoms with E-state index in [1.165, 1.54) is 22.5 Å². The zero-order valence-corrected chi connectivity index (χ0v) is 12.4. The van der Waals surface area contributed by atoms with Crippen molar-refractivity contribution in [3.63, 3.8) is 0 Å². The van der Waals surface area contributed by atoms with Gasteiger partial charge < -0.3 is 14.6 Å². The minimum atomic E-state index is 0.00537. The van der Waals surface area contributed by atoms with Crippen molar-refractivity contribution in [2.45, 2.75) is 31.7 Å². The van der Waals surface area contributed by atoms with Crippen molar-refractivity contribution in [2.24, 2.45) is 0 Å². The molecule has 0 saturated carbocycles. The van der Waals surface area contributed by atoms with Crippen LogP contribution in [0.3, 0.4) is 0 Å². The van der Waals surface area contributed by atoms with Crippen molar-refractivity contribution >= 4 is 5.69 Å². The van der Waals surface area contributed by atoms with Crippen molar-refractivity contribution in [3.8, 4) is 11.3 Å². The molecule has 1 atom stereocenters. The van der Waals surface area contributed by atoms with Crippen LogP contribution in [0.5, 0.6) is 0 Å². The van der Waals surface area contributed by atoms with Gasteiger partial charge in [-0.15, -0.1) is 0 Å². The summed E-state index contributed by atoms with van der Waals surface area (Å²) in [5, 5.41) is 3.53. The van der Waals surface area contributed by atoms with Gasteiger partial charge in [-0.2, -0.15) is 0 Å².